The van der Waals surface area contributed by atoms with Crippen molar-refractivity contribution >= 4 is 34.2 Å². The highest BCUT2D eigenvalue weighted by atomic mass is 35.5. The van der Waals surface area contributed by atoms with E-state index in [1.54, 1.807) is 21.6 Å². The quantitative estimate of drug-likeness (QED) is 0.446. The number of amides is 1. The van der Waals surface area contributed by atoms with E-state index < -0.39 is 6.04 Å². The minimum absolute atomic E-state index is 0.107. The molecule has 33 heavy (non-hydrogen) atoms. The van der Waals surface area contributed by atoms with Crippen molar-refractivity contribution in [1.29, 1.82) is 0 Å². The third kappa shape index (κ3) is 3.07. The summed E-state index contributed by atoms with van der Waals surface area (Å²) in [4.78, 5) is 25.4. The Morgan fingerprint density at radius 2 is 2.09 bits per heavy atom. The zero-order valence-electron chi connectivity index (χ0n) is 18.1. The normalized spacial score (nSPS) is 15.8. The summed E-state index contributed by atoms with van der Waals surface area (Å²) in [7, 11) is 3.94. The molecule has 5 aromatic heterocycles. The molecular formula is C23H21ClN8O. The minimum atomic E-state index is -0.431. The maximum atomic E-state index is 13.9. The van der Waals surface area contributed by atoms with Crippen LogP contribution in [0.1, 0.15) is 33.5 Å². The van der Waals surface area contributed by atoms with Gasteiger partial charge in [0.1, 0.15) is 6.04 Å². The number of halogens is 1. The van der Waals surface area contributed by atoms with Crippen LogP contribution in [0.25, 0.3) is 11.0 Å². The van der Waals surface area contributed by atoms with Crippen LogP contribution in [0.5, 0.6) is 0 Å². The molecule has 10 heteroatoms. The second-order valence-corrected chi connectivity index (χ2v) is 8.75. The monoisotopic (exact) mass is 460 g/mol. The maximum absolute atomic E-state index is 13.9. The van der Waals surface area contributed by atoms with E-state index >= 15 is 0 Å². The number of imidazole rings is 1. The van der Waals surface area contributed by atoms with Crippen LogP contribution in [0, 0.1) is 0 Å². The first-order valence-electron chi connectivity index (χ1n) is 10.6. The van der Waals surface area contributed by atoms with Crippen LogP contribution < -0.4 is 4.90 Å². The van der Waals surface area contributed by atoms with Crippen molar-refractivity contribution in [1.82, 2.24) is 34.1 Å². The highest BCUT2D eigenvalue weighted by Crippen LogP contribution is 2.35. The molecular weight excluding hydrogens is 440 g/mol. The standard InChI is InChI=1S/C23H21ClN8O/c1-29(2)14-5-6-19-15(11-27-32(19)12-14)23(33)30-9-7-17-21(26-13-25-17)22(30)18-10-20-16(24)4-3-8-31(20)28-18/h3-6,8,10-13,22H,7,9H2,1-2H3,(H,25,26)/t22-/m0/s1. The molecule has 0 spiro atoms. The van der Waals surface area contributed by atoms with Gasteiger partial charge in [-0.2, -0.15) is 10.2 Å². The lowest BCUT2D eigenvalue weighted by Gasteiger charge is -2.33. The van der Waals surface area contributed by atoms with Crippen LogP contribution in [0.3, 0.4) is 0 Å². The van der Waals surface area contributed by atoms with E-state index in [0.717, 1.165) is 33.8 Å². The molecule has 0 unspecified atom stereocenters. The molecule has 9 nitrogen and oxygen atoms in total. The van der Waals surface area contributed by atoms with Gasteiger partial charge in [0.25, 0.3) is 5.91 Å². The SMILES string of the molecule is CN(C)c1ccc2c(C(=O)N3CCc4[nH]cnc4[C@@H]3c3cc4c(Cl)cccn4n3)cnn2c1. The fourth-order valence-electron chi connectivity index (χ4n) is 4.49. The molecule has 6 rings (SSSR count). The van der Waals surface area contributed by atoms with Crippen molar-refractivity contribution in [2.24, 2.45) is 0 Å². The number of rotatable bonds is 3. The van der Waals surface area contributed by atoms with Gasteiger partial charge in [-0.25, -0.2) is 14.0 Å². The van der Waals surface area contributed by atoms with Crippen LogP contribution in [0.15, 0.2) is 55.2 Å². The number of nitrogens with one attached hydrogen (secondary N) is 1. The number of aromatic amines is 1. The first-order valence-corrected chi connectivity index (χ1v) is 11.0. The number of nitrogens with zero attached hydrogens (tertiary/aromatic N) is 7. The number of fused-ring (bicyclic) bond motifs is 3. The third-order valence-corrected chi connectivity index (χ3v) is 6.50. The molecule has 0 saturated heterocycles. The Morgan fingerprint density at radius 3 is 2.91 bits per heavy atom. The number of hydrogen-bond donors (Lipinski definition) is 1. The highest BCUT2D eigenvalue weighted by molar-refractivity contribution is 6.33. The number of pyridine rings is 2. The molecule has 166 valence electrons. The molecule has 0 saturated carbocycles. The van der Waals surface area contributed by atoms with E-state index in [1.807, 2.05) is 66.6 Å². The van der Waals surface area contributed by atoms with Crippen molar-refractivity contribution in [3.63, 3.8) is 0 Å². The van der Waals surface area contributed by atoms with Crippen molar-refractivity contribution in [2.45, 2.75) is 12.5 Å². The molecule has 1 amide bonds. The molecule has 1 aliphatic heterocycles. The molecule has 0 radical (unpaired) electrons. The topological polar surface area (TPSA) is 86.8 Å². The first-order chi connectivity index (χ1) is 16.0. The highest BCUT2D eigenvalue weighted by Gasteiger charge is 2.37. The molecule has 1 atom stereocenters. The molecule has 0 aromatic carbocycles. The second-order valence-electron chi connectivity index (χ2n) is 8.34. The maximum Gasteiger partial charge on any atom is 0.258 e. The van der Waals surface area contributed by atoms with Gasteiger partial charge in [-0.3, -0.25) is 4.79 Å². The zero-order valence-corrected chi connectivity index (χ0v) is 18.9. The Hall–Kier alpha value is -3.85. The van der Waals surface area contributed by atoms with Crippen LogP contribution in [0.4, 0.5) is 5.69 Å². The van der Waals surface area contributed by atoms with Crippen LogP contribution in [0.2, 0.25) is 5.02 Å². The summed E-state index contributed by atoms with van der Waals surface area (Å²) in [6, 6.07) is 9.08. The fraction of sp³-hybridized carbons (Fsp3) is 0.217. The number of anilines is 1. The molecule has 5 aromatic rings. The van der Waals surface area contributed by atoms with Crippen molar-refractivity contribution in [3.8, 4) is 0 Å². The van der Waals surface area contributed by atoms with Gasteiger partial charge < -0.3 is 14.8 Å². The number of H-pyrrole nitrogens is 1. The van der Waals surface area contributed by atoms with E-state index in [1.165, 1.54) is 0 Å². The number of carbonyl (C=O) groups is 1. The first kappa shape index (κ1) is 19.8. The Bertz CT molecular complexity index is 1510. The summed E-state index contributed by atoms with van der Waals surface area (Å²) in [6.45, 7) is 0.535. The van der Waals surface area contributed by atoms with Gasteiger partial charge in [0, 0.05) is 39.0 Å². The van der Waals surface area contributed by atoms with E-state index in [-0.39, 0.29) is 5.91 Å². The summed E-state index contributed by atoms with van der Waals surface area (Å²) >= 11 is 6.39. The predicted molar refractivity (Wildman–Crippen MR) is 125 cm³/mol. The smallest absolute Gasteiger partial charge is 0.258 e. The van der Waals surface area contributed by atoms with Gasteiger partial charge in [-0.15, -0.1) is 0 Å². The summed E-state index contributed by atoms with van der Waals surface area (Å²) in [6.07, 6.45) is 7.76. The van der Waals surface area contributed by atoms with E-state index in [9.17, 15) is 4.79 Å². The molecule has 1 N–H and O–H groups in total. The average molecular weight is 461 g/mol. The Kier molecular flexibility index (Phi) is 4.41. The summed E-state index contributed by atoms with van der Waals surface area (Å²) in [5.41, 5.74) is 5.64. The van der Waals surface area contributed by atoms with Gasteiger partial charge in [0.05, 0.1) is 57.4 Å². The van der Waals surface area contributed by atoms with Crippen molar-refractivity contribution < 1.29 is 4.79 Å². The van der Waals surface area contributed by atoms with Gasteiger partial charge >= 0.3 is 0 Å². The van der Waals surface area contributed by atoms with Crippen LogP contribution in [-0.4, -0.2) is 60.6 Å². The molecule has 1 aliphatic rings. The minimum Gasteiger partial charge on any atom is -0.376 e. The number of hydrogen-bond acceptors (Lipinski definition) is 5. The van der Waals surface area contributed by atoms with Crippen molar-refractivity contribution in [3.05, 3.63) is 82.9 Å². The predicted octanol–water partition coefficient (Wildman–Crippen LogP) is 3.21. The molecule has 0 fully saturated rings. The zero-order chi connectivity index (χ0) is 22.7. The number of carbonyl (C=O) groups excluding carboxylic acids is 1. The van der Waals surface area contributed by atoms with E-state index in [0.29, 0.717) is 23.6 Å². The lowest BCUT2D eigenvalue weighted by molar-refractivity contribution is 0.0689. The summed E-state index contributed by atoms with van der Waals surface area (Å²) < 4.78 is 3.48. The van der Waals surface area contributed by atoms with Crippen LogP contribution in [-0.2, 0) is 6.42 Å². The largest absolute Gasteiger partial charge is 0.376 e. The average Bonchev–Trinajstić information content (AvgIpc) is 3.55. The lowest BCUT2D eigenvalue weighted by atomic mass is 9.98. The Morgan fingerprint density at radius 1 is 1.21 bits per heavy atom. The van der Waals surface area contributed by atoms with E-state index in [4.69, 9.17) is 16.7 Å². The van der Waals surface area contributed by atoms with Crippen molar-refractivity contribution in [2.75, 3.05) is 25.5 Å². The van der Waals surface area contributed by atoms with Gasteiger partial charge in [-0.1, -0.05) is 11.6 Å². The molecule has 6 heterocycles. The molecule has 0 bridgehead atoms. The fourth-order valence-corrected chi connectivity index (χ4v) is 4.70. The lowest BCUT2D eigenvalue weighted by Crippen LogP contribution is -2.41. The summed E-state index contributed by atoms with van der Waals surface area (Å²) in [5.74, 6) is -0.107. The second kappa shape index (κ2) is 7.35. The van der Waals surface area contributed by atoms with Crippen LogP contribution >= 0.6 is 11.6 Å². The third-order valence-electron chi connectivity index (χ3n) is 6.18. The molecule has 0 aliphatic carbocycles. The Labute approximate surface area is 194 Å². The summed E-state index contributed by atoms with van der Waals surface area (Å²) in [5, 5.41) is 9.78. The van der Waals surface area contributed by atoms with Gasteiger partial charge in [0.15, 0.2) is 0 Å². The van der Waals surface area contributed by atoms with E-state index in [2.05, 4.69) is 15.1 Å². The van der Waals surface area contributed by atoms with Gasteiger partial charge in [-0.05, 0) is 30.3 Å². The number of aromatic nitrogens is 6. The van der Waals surface area contributed by atoms with Gasteiger partial charge in [0.2, 0.25) is 0 Å². The Balaban J connectivity index is 1.46.